The highest BCUT2D eigenvalue weighted by Crippen LogP contribution is 2.15. The molecule has 1 N–H and O–H groups in total. The van der Waals surface area contributed by atoms with Gasteiger partial charge in [-0.1, -0.05) is 17.0 Å². The van der Waals surface area contributed by atoms with Gasteiger partial charge in [0.1, 0.15) is 11.0 Å². The molecular weight excluding hydrogens is 240 g/mol. The predicted octanol–water partition coefficient (Wildman–Crippen LogP) is 1.57. The van der Waals surface area contributed by atoms with E-state index in [9.17, 15) is 8.42 Å². The van der Waals surface area contributed by atoms with Gasteiger partial charge in [-0.15, -0.1) is 0 Å². The summed E-state index contributed by atoms with van der Waals surface area (Å²) in [5.41, 5.74) is -0.563. The monoisotopic (exact) mass is 254 g/mol. The third-order valence-electron chi connectivity index (χ3n) is 1.75. The summed E-state index contributed by atoms with van der Waals surface area (Å²) >= 11 is 0. The average Bonchev–Trinajstić information content (AvgIpc) is 2.26. The molecule has 0 atom stereocenters. The van der Waals surface area contributed by atoms with E-state index in [2.05, 4.69) is 0 Å². The summed E-state index contributed by atoms with van der Waals surface area (Å²) in [4.78, 5) is 6.92. The van der Waals surface area contributed by atoms with Crippen molar-refractivity contribution < 1.29 is 13.3 Å². The molecule has 0 aliphatic carbocycles. The number of nitrogens with one attached hydrogen (secondary N) is 1. The molecule has 1 aromatic rings. The first kappa shape index (κ1) is 13.6. The number of sulfonamides is 1. The van der Waals surface area contributed by atoms with Crippen LogP contribution < -0.4 is 4.89 Å². The van der Waals surface area contributed by atoms with Crippen molar-refractivity contribution in [2.24, 2.45) is 0 Å². The van der Waals surface area contributed by atoms with Crippen molar-refractivity contribution in [2.45, 2.75) is 31.3 Å². The number of rotatable bonds is 3. The smallest absolute Gasteiger partial charge is 0.263 e. The maximum Gasteiger partial charge on any atom is 0.263 e. The van der Waals surface area contributed by atoms with Gasteiger partial charge >= 0.3 is 0 Å². The van der Waals surface area contributed by atoms with Crippen molar-refractivity contribution in [2.75, 3.05) is 0 Å². The van der Waals surface area contributed by atoms with Gasteiger partial charge in [0.25, 0.3) is 10.0 Å². The molecule has 0 heterocycles. The molecule has 1 rings (SSSR count). The second kappa shape index (κ2) is 4.84. The minimum absolute atomic E-state index is 0.0810. The topological polar surface area (TPSA) is 79.2 Å². The first-order valence-corrected chi connectivity index (χ1v) is 6.43. The highest BCUT2D eigenvalue weighted by atomic mass is 32.2. The van der Waals surface area contributed by atoms with Crippen LogP contribution in [-0.4, -0.2) is 14.0 Å². The van der Waals surface area contributed by atoms with E-state index in [1.165, 1.54) is 12.1 Å². The van der Waals surface area contributed by atoms with Crippen molar-refractivity contribution >= 4 is 10.0 Å². The molecule has 0 aliphatic heterocycles. The zero-order chi connectivity index (χ0) is 13.1. The Kier molecular flexibility index (Phi) is 3.88. The van der Waals surface area contributed by atoms with E-state index < -0.39 is 15.6 Å². The Balaban J connectivity index is 3.03. The van der Waals surface area contributed by atoms with Crippen LogP contribution in [0, 0.1) is 11.3 Å². The number of hydrogen-bond acceptors (Lipinski definition) is 4. The Morgan fingerprint density at radius 1 is 1.29 bits per heavy atom. The summed E-state index contributed by atoms with van der Waals surface area (Å²) in [5.74, 6) is 0. The van der Waals surface area contributed by atoms with Crippen LogP contribution in [0.5, 0.6) is 0 Å². The molecule has 0 aromatic heterocycles. The Hall–Kier alpha value is -1.42. The lowest BCUT2D eigenvalue weighted by atomic mass is 10.2. The van der Waals surface area contributed by atoms with Gasteiger partial charge in [-0.25, -0.2) is 8.42 Å². The number of hydrogen-bond donors (Lipinski definition) is 1. The van der Waals surface area contributed by atoms with Gasteiger partial charge in [0.05, 0.1) is 11.2 Å². The van der Waals surface area contributed by atoms with Crippen molar-refractivity contribution in [3.05, 3.63) is 29.8 Å². The van der Waals surface area contributed by atoms with Crippen molar-refractivity contribution in [3.8, 4) is 6.07 Å². The lowest BCUT2D eigenvalue weighted by Gasteiger charge is -2.19. The zero-order valence-corrected chi connectivity index (χ0v) is 10.7. The van der Waals surface area contributed by atoms with Crippen LogP contribution in [0.3, 0.4) is 0 Å². The molecular formula is C11H14N2O3S. The minimum atomic E-state index is -3.83. The van der Waals surface area contributed by atoms with E-state index >= 15 is 0 Å². The SMILES string of the molecule is CC(C)(C)ONS(=O)(=O)c1ccccc1C#N. The molecule has 0 unspecified atom stereocenters. The van der Waals surface area contributed by atoms with Gasteiger partial charge in [-0.3, -0.25) is 4.84 Å². The van der Waals surface area contributed by atoms with E-state index in [0.29, 0.717) is 0 Å². The Bertz CT molecular complexity index is 539. The van der Waals surface area contributed by atoms with Gasteiger partial charge in [0.2, 0.25) is 0 Å². The van der Waals surface area contributed by atoms with Gasteiger partial charge in [-0.2, -0.15) is 5.26 Å². The number of benzene rings is 1. The Morgan fingerprint density at radius 2 is 1.88 bits per heavy atom. The summed E-state index contributed by atoms with van der Waals surface area (Å²) in [6.45, 7) is 5.14. The highest BCUT2D eigenvalue weighted by molar-refractivity contribution is 7.89. The number of nitriles is 1. The third kappa shape index (κ3) is 3.82. The molecule has 0 spiro atoms. The van der Waals surface area contributed by atoms with Crippen LogP contribution in [0.15, 0.2) is 29.2 Å². The lowest BCUT2D eigenvalue weighted by molar-refractivity contribution is -0.0357. The van der Waals surface area contributed by atoms with Crippen LogP contribution in [-0.2, 0) is 14.9 Å². The molecule has 0 saturated carbocycles. The molecule has 0 amide bonds. The largest absolute Gasteiger partial charge is 0.281 e. The molecule has 5 nitrogen and oxygen atoms in total. The van der Waals surface area contributed by atoms with Crippen LogP contribution in [0.25, 0.3) is 0 Å². The first-order chi connectivity index (χ1) is 7.76. The third-order valence-corrected chi connectivity index (χ3v) is 2.99. The fraction of sp³-hybridized carbons (Fsp3) is 0.364. The molecule has 1 aromatic carbocycles. The van der Waals surface area contributed by atoms with E-state index in [4.69, 9.17) is 10.1 Å². The molecule has 0 saturated heterocycles. The zero-order valence-electron chi connectivity index (χ0n) is 9.89. The van der Waals surface area contributed by atoms with Crippen molar-refractivity contribution in [3.63, 3.8) is 0 Å². The lowest BCUT2D eigenvalue weighted by Crippen LogP contribution is -2.33. The van der Waals surface area contributed by atoms with Crippen LogP contribution in [0.4, 0.5) is 0 Å². The fourth-order valence-corrected chi connectivity index (χ4v) is 2.13. The highest BCUT2D eigenvalue weighted by Gasteiger charge is 2.21. The van der Waals surface area contributed by atoms with Crippen LogP contribution >= 0.6 is 0 Å². The molecule has 0 bridgehead atoms. The molecule has 0 aliphatic rings. The summed E-state index contributed by atoms with van der Waals surface area (Å²) in [6, 6.07) is 7.76. The second-order valence-corrected chi connectivity index (χ2v) is 6.02. The molecule has 0 radical (unpaired) electrons. The molecule has 0 fully saturated rings. The summed E-state index contributed by atoms with van der Waals surface area (Å²) in [6.07, 6.45) is 0. The summed E-state index contributed by atoms with van der Waals surface area (Å²) in [5, 5.41) is 8.83. The van der Waals surface area contributed by atoms with Crippen molar-refractivity contribution in [1.29, 1.82) is 5.26 Å². The first-order valence-electron chi connectivity index (χ1n) is 4.95. The summed E-state index contributed by atoms with van der Waals surface area (Å²) in [7, 11) is -3.83. The standard InChI is InChI=1S/C11H14N2O3S/c1-11(2,3)16-13-17(14,15)10-7-5-4-6-9(10)8-12/h4-7,13H,1-3H3. The predicted molar refractivity (Wildman–Crippen MR) is 62.3 cm³/mol. The van der Waals surface area contributed by atoms with E-state index in [0.717, 1.165) is 0 Å². The maximum absolute atomic E-state index is 11.9. The molecule has 92 valence electrons. The summed E-state index contributed by atoms with van der Waals surface area (Å²) < 4.78 is 23.7. The maximum atomic E-state index is 11.9. The van der Waals surface area contributed by atoms with E-state index in [-0.39, 0.29) is 10.5 Å². The average molecular weight is 254 g/mol. The van der Waals surface area contributed by atoms with Gasteiger partial charge in [-0.05, 0) is 32.9 Å². The van der Waals surface area contributed by atoms with E-state index in [1.807, 2.05) is 11.0 Å². The van der Waals surface area contributed by atoms with E-state index in [1.54, 1.807) is 32.9 Å². The van der Waals surface area contributed by atoms with Gasteiger partial charge in [0.15, 0.2) is 0 Å². The van der Waals surface area contributed by atoms with Crippen LogP contribution in [0.1, 0.15) is 26.3 Å². The minimum Gasteiger partial charge on any atom is -0.281 e. The Morgan fingerprint density at radius 3 is 2.41 bits per heavy atom. The van der Waals surface area contributed by atoms with Gasteiger partial charge in [0, 0.05) is 0 Å². The number of nitrogens with zero attached hydrogens (tertiary/aromatic N) is 1. The molecule has 6 heteroatoms. The normalized spacial score (nSPS) is 12.1. The fourth-order valence-electron chi connectivity index (χ4n) is 1.02. The second-order valence-electron chi connectivity index (χ2n) is 4.41. The quantitative estimate of drug-likeness (QED) is 0.830. The van der Waals surface area contributed by atoms with Gasteiger partial charge < -0.3 is 0 Å². The van der Waals surface area contributed by atoms with Crippen LogP contribution in [0.2, 0.25) is 0 Å². The Labute approximate surface area is 101 Å². The molecule has 17 heavy (non-hydrogen) atoms. The van der Waals surface area contributed by atoms with Crippen molar-refractivity contribution in [1.82, 2.24) is 4.89 Å².